The molecule has 0 bridgehead atoms. The summed E-state index contributed by atoms with van der Waals surface area (Å²) in [6.45, 7) is 1.70. The Morgan fingerprint density at radius 2 is 2.03 bits per heavy atom. The van der Waals surface area contributed by atoms with E-state index in [0.717, 1.165) is 16.8 Å². The molecule has 8 nitrogen and oxygen atoms in total. The highest BCUT2D eigenvalue weighted by Gasteiger charge is 2.35. The van der Waals surface area contributed by atoms with Crippen molar-refractivity contribution in [3.05, 3.63) is 93.9 Å². The van der Waals surface area contributed by atoms with Gasteiger partial charge in [0.15, 0.2) is 6.61 Å². The molecule has 2 aromatic carbocycles. The minimum absolute atomic E-state index is 0.103. The van der Waals surface area contributed by atoms with Gasteiger partial charge >= 0.3 is 0 Å². The number of furan rings is 1. The summed E-state index contributed by atoms with van der Waals surface area (Å²) < 4.78 is 11.0. The first-order valence-electron chi connectivity index (χ1n) is 9.38. The fourth-order valence-electron chi connectivity index (χ4n) is 3.26. The van der Waals surface area contributed by atoms with Crippen molar-refractivity contribution in [3.8, 4) is 5.75 Å². The monoisotopic (exact) mass is 405 g/mol. The van der Waals surface area contributed by atoms with Gasteiger partial charge in [0.05, 0.1) is 23.0 Å². The van der Waals surface area contributed by atoms with Crippen molar-refractivity contribution in [3.63, 3.8) is 0 Å². The van der Waals surface area contributed by atoms with Crippen LogP contribution >= 0.6 is 0 Å². The van der Waals surface area contributed by atoms with E-state index in [2.05, 4.69) is 5.10 Å². The SMILES string of the molecule is Cc1ccc(C2=NN(C(=O)COc3cccc([N+](=O)[O-])c3)[C@H](c3ccco3)C2)cc1. The van der Waals surface area contributed by atoms with Crippen LogP contribution in [0, 0.1) is 17.0 Å². The number of benzene rings is 2. The van der Waals surface area contributed by atoms with Crippen molar-refractivity contribution < 1.29 is 18.9 Å². The standard InChI is InChI=1S/C22H19N3O5/c1-15-7-9-16(10-8-15)19-13-20(21-6-3-11-29-21)24(23-19)22(26)14-30-18-5-2-4-17(12-18)25(27)28/h2-12,20H,13-14H2,1H3/t20-/m0/s1. The summed E-state index contributed by atoms with van der Waals surface area (Å²) in [6, 6.07) is 16.8. The number of nitrogens with zero attached hydrogens (tertiary/aromatic N) is 3. The average Bonchev–Trinajstić information content (AvgIpc) is 3.42. The molecule has 152 valence electrons. The van der Waals surface area contributed by atoms with Crippen molar-refractivity contribution in [2.75, 3.05) is 6.61 Å². The van der Waals surface area contributed by atoms with Crippen LogP contribution in [0.1, 0.15) is 29.3 Å². The van der Waals surface area contributed by atoms with Crippen LogP contribution < -0.4 is 4.74 Å². The Morgan fingerprint density at radius 3 is 2.73 bits per heavy atom. The van der Waals surface area contributed by atoms with Gasteiger partial charge in [-0.2, -0.15) is 5.10 Å². The highest BCUT2D eigenvalue weighted by Crippen LogP contribution is 2.33. The van der Waals surface area contributed by atoms with E-state index >= 15 is 0 Å². The Kier molecular flexibility index (Phi) is 5.30. The highest BCUT2D eigenvalue weighted by molar-refractivity contribution is 6.03. The number of aryl methyl sites for hydroxylation is 1. The largest absolute Gasteiger partial charge is 0.483 e. The molecule has 1 amide bonds. The molecule has 0 N–H and O–H groups in total. The fourth-order valence-corrected chi connectivity index (χ4v) is 3.26. The van der Waals surface area contributed by atoms with Crippen LogP contribution in [-0.2, 0) is 4.79 Å². The van der Waals surface area contributed by atoms with Gasteiger partial charge in [0.2, 0.25) is 0 Å². The van der Waals surface area contributed by atoms with Crippen LogP contribution in [0.25, 0.3) is 0 Å². The Morgan fingerprint density at radius 1 is 1.23 bits per heavy atom. The van der Waals surface area contributed by atoms with Gasteiger partial charge in [-0.3, -0.25) is 14.9 Å². The van der Waals surface area contributed by atoms with E-state index < -0.39 is 4.92 Å². The lowest BCUT2D eigenvalue weighted by atomic mass is 10.0. The Labute approximate surface area is 172 Å². The molecule has 8 heteroatoms. The molecular weight excluding hydrogens is 386 g/mol. The van der Waals surface area contributed by atoms with E-state index in [4.69, 9.17) is 9.15 Å². The van der Waals surface area contributed by atoms with Crippen molar-refractivity contribution in [1.29, 1.82) is 0 Å². The van der Waals surface area contributed by atoms with Crippen LogP contribution in [-0.4, -0.2) is 28.2 Å². The first-order chi connectivity index (χ1) is 14.5. The zero-order valence-electron chi connectivity index (χ0n) is 16.2. The van der Waals surface area contributed by atoms with Gasteiger partial charge < -0.3 is 9.15 Å². The van der Waals surface area contributed by atoms with Crippen LogP contribution in [0.5, 0.6) is 5.75 Å². The lowest BCUT2D eigenvalue weighted by Crippen LogP contribution is -2.31. The van der Waals surface area contributed by atoms with E-state index in [1.165, 1.54) is 23.2 Å². The summed E-state index contributed by atoms with van der Waals surface area (Å²) in [6.07, 6.45) is 2.07. The predicted molar refractivity (Wildman–Crippen MR) is 109 cm³/mol. The second-order valence-corrected chi connectivity index (χ2v) is 6.93. The molecule has 2 heterocycles. The number of carbonyl (C=O) groups excluding carboxylic acids is 1. The zero-order chi connectivity index (χ0) is 21.1. The summed E-state index contributed by atoms with van der Waals surface area (Å²) in [5.74, 6) is 0.503. The van der Waals surface area contributed by atoms with Crippen LogP contribution in [0.15, 0.2) is 76.4 Å². The number of hydrogen-bond acceptors (Lipinski definition) is 6. The average molecular weight is 405 g/mol. The topological polar surface area (TPSA) is 98.2 Å². The van der Waals surface area contributed by atoms with Gasteiger partial charge in [0.1, 0.15) is 17.6 Å². The quantitative estimate of drug-likeness (QED) is 0.451. The van der Waals surface area contributed by atoms with E-state index in [1.54, 1.807) is 24.5 Å². The van der Waals surface area contributed by atoms with Gasteiger partial charge in [-0.15, -0.1) is 0 Å². The minimum atomic E-state index is -0.514. The number of non-ortho nitro benzene ring substituents is 1. The maximum absolute atomic E-state index is 12.9. The first kappa shape index (κ1) is 19.4. The third-order valence-corrected chi connectivity index (χ3v) is 4.81. The van der Waals surface area contributed by atoms with Gasteiger partial charge in [-0.05, 0) is 30.7 Å². The second-order valence-electron chi connectivity index (χ2n) is 6.93. The van der Waals surface area contributed by atoms with E-state index in [9.17, 15) is 14.9 Å². The summed E-state index contributed by atoms with van der Waals surface area (Å²) in [4.78, 5) is 23.3. The van der Waals surface area contributed by atoms with Gasteiger partial charge in [-0.25, -0.2) is 5.01 Å². The predicted octanol–water partition coefficient (Wildman–Crippen LogP) is 4.25. The molecule has 1 aromatic heterocycles. The van der Waals surface area contributed by atoms with E-state index in [1.807, 2.05) is 31.2 Å². The summed E-state index contributed by atoms with van der Waals surface area (Å²) in [5.41, 5.74) is 2.75. The molecule has 0 saturated heterocycles. The Hall–Kier alpha value is -3.94. The number of nitro groups is 1. The third kappa shape index (κ3) is 4.07. The minimum Gasteiger partial charge on any atom is -0.483 e. The van der Waals surface area contributed by atoms with Crippen molar-refractivity contribution >= 4 is 17.3 Å². The molecule has 0 fully saturated rings. The molecule has 0 saturated carbocycles. The van der Waals surface area contributed by atoms with Gasteiger partial charge in [0, 0.05) is 12.5 Å². The first-order valence-corrected chi connectivity index (χ1v) is 9.38. The Balaban J connectivity index is 1.54. The number of nitro benzene ring substituents is 1. The molecule has 0 spiro atoms. The number of carbonyl (C=O) groups is 1. The number of hydrazone groups is 1. The molecule has 1 aliphatic heterocycles. The number of ether oxygens (including phenoxy) is 1. The highest BCUT2D eigenvalue weighted by atomic mass is 16.6. The molecular formula is C22H19N3O5. The smallest absolute Gasteiger partial charge is 0.281 e. The molecule has 1 atom stereocenters. The van der Waals surface area contributed by atoms with Crippen molar-refractivity contribution in [1.82, 2.24) is 5.01 Å². The molecule has 1 aliphatic rings. The molecule has 30 heavy (non-hydrogen) atoms. The van der Waals surface area contributed by atoms with Crippen LogP contribution in [0.4, 0.5) is 5.69 Å². The van der Waals surface area contributed by atoms with E-state index in [-0.39, 0.29) is 30.0 Å². The van der Waals surface area contributed by atoms with Crippen LogP contribution in [0.3, 0.4) is 0 Å². The lowest BCUT2D eigenvalue weighted by molar-refractivity contribution is -0.384. The van der Waals surface area contributed by atoms with Crippen molar-refractivity contribution in [2.45, 2.75) is 19.4 Å². The molecule has 0 aliphatic carbocycles. The van der Waals surface area contributed by atoms with Gasteiger partial charge in [-0.1, -0.05) is 35.9 Å². The maximum atomic E-state index is 12.9. The molecule has 0 radical (unpaired) electrons. The Bertz CT molecular complexity index is 1090. The summed E-state index contributed by atoms with van der Waals surface area (Å²) >= 11 is 0. The lowest BCUT2D eigenvalue weighted by Gasteiger charge is -2.19. The molecule has 0 unspecified atom stereocenters. The normalized spacial score (nSPS) is 15.7. The van der Waals surface area contributed by atoms with Crippen LogP contribution in [0.2, 0.25) is 0 Å². The molecule has 4 rings (SSSR count). The van der Waals surface area contributed by atoms with Crippen molar-refractivity contribution in [2.24, 2.45) is 5.10 Å². The van der Waals surface area contributed by atoms with E-state index in [0.29, 0.717) is 12.2 Å². The second kappa shape index (κ2) is 8.20. The van der Waals surface area contributed by atoms with Gasteiger partial charge in [0.25, 0.3) is 11.6 Å². The fraction of sp³-hybridized carbons (Fsp3) is 0.182. The molecule has 3 aromatic rings. The summed E-state index contributed by atoms with van der Waals surface area (Å²) in [5, 5.41) is 16.8. The number of rotatable bonds is 6. The number of amides is 1. The number of hydrogen-bond donors (Lipinski definition) is 0. The maximum Gasteiger partial charge on any atom is 0.281 e. The summed E-state index contributed by atoms with van der Waals surface area (Å²) in [7, 11) is 0. The zero-order valence-corrected chi connectivity index (χ0v) is 16.2. The third-order valence-electron chi connectivity index (χ3n) is 4.81.